The summed E-state index contributed by atoms with van der Waals surface area (Å²) in [5, 5.41) is 0. The van der Waals surface area contributed by atoms with Gasteiger partial charge in [-0.15, -0.1) is 11.3 Å². The molecule has 0 unspecified atom stereocenters. The largest absolute Gasteiger partial charge is 0.338 e. The lowest BCUT2D eigenvalue weighted by atomic mass is 10.1. The second kappa shape index (κ2) is 5.80. The van der Waals surface area contributed by atoms with Crippen molar-refractivity contribution >= 4 is 17.2 Å². The van der Waals surface area contributed by atoms with E-state index in [1.807, 2.05) is 6.07 Å². The number of carbonyl (C=O) groups is 1. The van der Waals surface area contributed by atoms with Crippen LogP contribution in [0.2, 0.25) is 0 Å². The lowest BCUT2D eigenvalue weighted by Gasteiger charge is -2.31. The van der Waals surface area contributed by atoms with Crippen molar-refractivity contribution in [3.63, 3.8) is 0 Å². The zero-order chi connectivity index (χ0) is 14.9. The molecule has 1 aliphatic rings. The normalized spacial score (nSPS) is 18.6. The highest BCUT2D eigenvalue weighted by Crippen LogP contribution is 2.33. The number of rotatable bonds is 3. The third kappa shape index (κ3) is 3.19. The van der Waals surface area contributed by atoms with E-state index in [0.29, 0.717) is 10.8 Å². The summed E-state index contributed by atoms with van der Waals surface area (Å²) < 4.78 is 26.3. The maximum Gasteiger partial charge on any atom is 0.263 e. The molecule has 2 nitrogen and oxygen atoms in total. The number of hydrogen-bond donors (Lipinski definition) is 0. The Kier molecular flexibility index (Phi) is 4.47. The Balaban J connectivity index is 2.14. The van der Waals surface area contributed by atoms with Gasteiger partial charge in [-0.1, -0.05) is 20.8 Å². The molecular weight excluding hydrogens is 280 g/mol. The Bertz CT molecular complexity index is 486. The van der Waals surface area contributed by atoms with Gasteiger partial charge in [-0.05, 0) is 24.0 Å². The van der Waals surface area contributed by atoms with Crippen LogP contribution >= 0.6 is 11.3 Å². The minimum absolute atomic E-state index is 0.0906. The van der Waals surface area contributed by atoms with Crippen LogP contribution < -0.4 is 0 Å². The van der Waals surface area contributed by atoms with Gasteiger partial charge in [-0.3, -0.25) is 4.79 Å². The fraction of sp³-hybridized carbons (Fsp3) is 0.667. The maximum atomic E-state index is 13.1. The molecule has 0 radical (unpaired) electrons. The van der Waals surface area contributed by atoms with Crippen LogP contribution in [0.25, 0.3) is 0 Å². The smallest absolute Gasteiger partial charge is 0.263 e. The van der Waals surface area contributed by atoms with E-state index in [2.05, 4.69) is 20.8 Å². The van der Waals surface area contributed by atoms with Crippen LogP contribution in [0.4, 0.5) is 8.78 Å². The standard InChI is InChI=1S/C15H21F2NOS/c1-4-11-9-12(20-13(11)10(2)3)14(19)18-7-5-15(16,17)6-8-18/h9-10H,4-8H2,1-3H3. The molecule has 0 aromatic carbocycles. The van der Waals surface area contributed by atoms with Gasteiger partial charge in [0.05, 0.1) is 4.88 Å². The molecule has 0 bridgehead atoms. The van der Waals surface area contributed by atoms with Gasteiger partial charge >= 0.3 is 0 Å². The third-order valence-electron chi connectivity index (χ3n) is 3.74. The van der Waals surface area contributed by atoms with Crippen molar-refractivity contribution < 1.29 is 13.6 Å². The van der Waals surface area contributed by atoms with Gasteiger partial charge in [0.25, 0.3) is 11.8 Å². The topological polar surface area (TPSA) is 20.3 Å². The van der Waals surface area contributed by atoms with Crippen molar-refractivity contribution in [1.82, 2.24) is 4.90 Å². The van der Waals surface area contributed by atoms with Crippen LogP contribution in [0.5, 0.6) is 0 Å². The molecule has 1 amide bonds. The number of alkyl halides is 2. The summed E-state index contributed by atoms with van der Waals surface area (Å²) in [6.45, 7) is 6.61. The Labute approximate surface area is 122 Å². The van der Waals surface area contributed by atoms with Gasteiger partial charge in [-0.25, -0.2) is 8.78 Å². The quantitative estimate of drug-likeness (QED) is 0.815. The van der Waals surface area contributed by atoms with Crippen molar-refractivity contribution in [3.05, 3.63) is 21.4 Å². The average molecular weight is 301 g/mol. The molecule has 0 saturated carbocycles. The van der Waals surface area contributed by atoms with E-state index in [1.165, 1.54) is 21.8 Å². The first-order valence-corrected chi connectivity index (χ1v) is 7.95. The number of amides is 1. The first-order valence-electron chi connectivity index (χ1n) is 7.13. The molecule has 1 saturated heterocycles. The highest BCUT2D eigenvalue weighted by atomic mass is 32.1. The summed E-state index contributed by atoms with van der Waals surface area (Å²) >= 11 is 1.52. The van der Waals surface area contributed by atoms with E-state index in [0.717, 1.165) is 6.42 Å². The number of piperidine rings is 1. The molecule has 2 heterocycles. The zero-order valence-corrected chi connectivity index (χ0v) is 13.0. The van der Waals surface area contributed by atoms with Crippen LogP contribution in [0.3, 0.4) is 0 Å². The molecule has 0 atom stereocenters. The first kappa shape index (κ1) is 15.4. The molecule has 0 N–H and O–H groups in total. The number of carbonyl (C=O) groups excluding carboxylic acids is 1. The van der Waals surface area contributed by atoms with E-state index >= 15 is 0 Å². The van der Waals surface area contributed by atoms with Crippen molar-refractivity contribution in [3.8, 4) is 0 Å². The molecule has 112 valence electrons. The second-order valence-corrected chi connectivity index (χ2v) is 6.74. The van der Waals surface area contributed by atoms with E-state index in [1.54, 1.807) is 4.90 Å². The SMILES string of the molecule is CCc1cc(C(=O)N2CCC(F)(F)CC2)sc1C(C)C. The van der Waals surface area contributed by atoms with E-state index in [-0.39, 0.29) is 31.8 Å². The van der Waals surface area contributed by atoms with Crippen LogP contribution in [0.15, 0.2) is 6.07 Å². The Morgan fingerprint density at radius 3 is 2.45 bits per heavy atom. The minimum atomic E-state index is -2.61. The second-order valence-electron chi connectivity index (χ2n) is 5.66. The summed E-state index contributed by atoms with van der Waals surface area (Å²) in [5.74, 6) is -2.31. The molecule has 1 aromatic rings. The van der Waals surface area contributed by atoms with Gasteiger partial charge in [0, 0.05) is 30.8 Å². The number of likely N-dealkylation sites (tertiary alicyclic amines) is 1. The van der Waals surface area contributed by atoms with Crippen molar-refractivity contribution in [2.24, 2.45) is 0 Å². The van der Waals surface area contributed by atoms with Crippen LogP contribution in [0, 0.1) is 0 Å². The summed E-state index contributed by atoms with van der Waals surface area (Å²) in [7, 11) is 0. The lowest BCUT2D eigenvalue weighted by molar-refractivity contribution is -0.0493. The summed E-state index contributed by atoms with van der Waals surface area (Å²) in [5.41, 5.74) is 1.20. The molecule has 20 heavy (non-hydrogen) atoms. The molecule has 1 aliphatic heterocycles. The number of nitrogens with zero attached hydrogens (tertiary/aromatic N) is 1. The number of aryl methyl sites for hydroxylation is 1. The average Bonchev–Trinajstić information content (AvgIpc) is 2.82. The van der Waals surface area contributed by atoms with Gasteiger partial charge in [0.2, 0.25) is 0 Å². The molecule has 0 spiro atoms. The Morgan fingerprint density at radius 2 is 2.00 bits per heavy atom. The van der Waals surface area contributed by atoms with Gasteiger partial charge < -0.3 is 4.90 Å². The lowest BCUT2D eigenvalue weighted by Crippen LogP contribution is -2.42. The third-order valence-corrected chi connectivity index (χ3v) is 5.21. The molecule has 1 aromatic heterocycles. The van der Waals surface area contributed by atoms with Gasteiger partial charge in [0.1, 0.15) is 0 Å². The first-order chi connectivity index (χ1) is 9.34. The van der Waals surface area contributed by atoms with Crippen LogP contribution in [-0.2, 0) is 6.42 Å². The predicted molar refractivity (Wildman–Crippen MR) is 77.9 cm³/mol. The van der Waals surface area contributed by atoms with Crippen LogP contribution in [0.1, 0.15) is 59.6 Å². The summed E-state index contributed by atoms with van der Waals surface area (Å²) in [6, 6.07) is 1.94. The minimum Gasteiger partial charge on any atom is -0.338 e. The Morgan fingerprint density at radius 1 is 1.40 bits per heavy atom. The molecule has 5 heteroatoms. The van der Waals surface area contributed by atoms with Gasteiger partial charge in [-0.2, -0.15) is 0 Å². The van der Waals surface area contributed by atoms with E-state index < -0.39 is 5.92 Å². The number of hydrogen-bond acceptors (Lipinski definition) is 2. The monoisotopic (exact) mass is 301 g/mol. The molecular formula is C15H21F2NOS. The highest BCUT2D eigenvalue weighted by molar-refractivity contribution is 7.14. The zero-order valence-electron chi connectivity index (χ0n) is 12.2. The van der Waals surface area contributed by atoms with Crippen molar-refractivity contribution in [2.75, 3.05) is 13.1 Å². The predicted octanol–water partition coefficient (Wildman–Crippen LogP) is 4.31. The van der Waals surface area contributed by atoms with Crippen molar-refractivity contribution in [1.29, 1.82) is 0 Å². The number of halogens is 2. The number of thiophene rings is 1. The van der Waals surface area contributed by atoms with Crippen LogP contribution in [-0.4, -0.2) is 29.8 Å². The molecule has 0 aliphatic carbocycles. The summed E-state index contributed by atoms with van der Waals surface area (Å²) in [6.07, 6.45) is 0.457. The fourth-order valence-electron chi connectivity index (χ4n) is 2.51. The summed E-state index contributed by atoms with van der Waals surface area (Å²) in [4.78, 5) is 15.9. The molecule has 2 rings (SSSR count). The maximum absolute atomic E-state index is 13.1. The van der Waals surface area contributed by atoms with E-state index in [9.17, 15) is 13.6 Å². The molecule has 1 fully saturated rings. The highest BCUT2D eigenvalue weighted by Gasteiger charge is 2.36. The Hall–Kier alpha value is -0.970. The van der Waals surface area contributed by atoms with Crippen molar-refractivity contribution in [2.45, 2.75) is 51.9 Å². The van der Waals surface area contributed by atoms with E-state index in [4.69, 9.17) is 0 Å². The fourth-order valence-corrected chi connectivity index (χ4v) is 3.73. The van der Waals surface area contributed by atoms with Gasteiger partial charge in [0.15, 0.2) is 0 Å².